The van der Waals surface area contributed by atoms with E-state index in [2.05, 4.69) is 24.1 Å². The normalized spacial score (nSPS) is 10.6. The Morgan fingerprint density at radius 3 is 2.55 bits per heavy atom. The van der Waals surface area contributed by atoms with Crippen LogP contribution in [0.25, 0.3) is 0 Å². The van der Waals surface area contributed by atoms with Crippen molar-refractivity contribution >= 4 is 17.2 Å². The first kappa shape index (κ1) is 14.1. The molecule has 0 spiro atoms. The number of nitrogen functional groups attached to an aromatic ring is 1. The molecule has 0 unspecified atom stereocenters. The van der Waals surface area contributed by atoms with Crippen LogP contribution < -0.4 is 15.8 Å². The van der Waals surface area contributed by atoms with Gasteiger partial charge >= 0.3 is 0 Å². The molecule has 0 saturated heterocycles. The molecule has 0 aliphatic carbocycles. The SMILES string of the molecule is CC(C)COc1nc(Nc2ccc(F)cc2)ccc1N. The summed E-state index contributed by atoms with van der Waals surface area (Å²) in [6.07, 6.45) is 0. The summed E-state index contributed by atoms with van der Waals surface area (Å²) in [7, 11) is 0. The molecule has 0 amide bonds. The predicted molar refractivity (Wildman–Crippen MR) is 78.7 cm³/mol. The van der Waals surface area contributed by atoms with Gasteiger partial charge in [0.25, 0.3) is 0 Å². The van der Waals surface area contributed by atoms with Crippen LogP contribution in [-0.4, -0.2) is 11.6 Å². The number of ether oxygens (including phenoxy) is 1. The molecule has 5 heteroatoms. The zero-order chi connectivity index (χ0) is 14.5. The van der Waals surface area contributed by atoms with Crippen LogP contribution in [0.2, 0.25) is 0 Å². The van der Waals surface area contributed by atoms with Gasteiger partial charge in [0.2, 0.25) is 5.88 Å². The lowest BCUT2D eigenvalue weighted by atomic mass is 10.2. The number of nitrogens with two attached hydrogens (primary N) is 1. The number of hydrogen-bond acceptors (Lipinski definition) is 4. The maximum Gasteiger partial charge on any atom is 0.239 e. The molecular formula is C15H18FN3O. The maximum absolute atomic E-state index is 12.8. The van der Waals surface area contributed by atoms with Gasteiger partial charge in [-0.2, -0.15) is 4.98 Å². The molecular weight excluding hydrogens is 257 g/mol. The summed E-state index contributed by atoms with van der Waals surface area (Å²) >= 11 is 0. The van der Waals surface area contributed by atoms with Crippen molar-refractivity contribution in [2.45, 2.75) is 13.8 Å². The minimum atomic E-state index is -0.276. The molecule has 0 bridgehead atoms. The Labute approximate surface area is 117 Å². The lowest BCUT2D eigenvalue weighted by Gasteiger charge is -2.12. The van der Waals surface area contributed by atoms with Crippen LogP contribution in [0.1, 0.15) is 13.8 Å². The third-order valence-corrected chi connectivity index (χ3v) is 2.56. The highest BCUT2D eigenvalue weighted by molar-refractivity contribution is 5.60. The number of pyridine rings is 1. The van der Waals surface area contributed by atoms with Crippen LogP contribution in [0.3, 0.4) is 0 Å². The molecule has 0 aliphatic rings. The summed E-state index contributed by atoms with van der Waals surface area (Å²) in [6.45, 7) is 4.66. The zero-order valence-corrected chi connectivity index (χ0v) is 11.6. The first-order chi connectivity index (χ1) is 9.54. The average molecular weight is 275 g/mol. The van der Waals surface area contributed by atoms with Crippen LogP contribution in [0.5, 0.6) is 5.88 Å². The minimum Gasteiger partial charge on any atom is -0.476 e. The summed E-state index contributed by atoms with van der Waals surface area (Å²) in [5.41, 5.74) is 7.07. The molecule has 4 nitrogen and oxygen atoms in total. The van der Waals surface area contributed by atoms with E-state index < -0.39 is 0 Å². The summed E-state index contributed by atoms with van der Waals surface area (Å²) in [5, 5.41) is 3.07. The summed E-state index contributed by atoms with van der Waals surface area (Å²) in [4.78, 5) is 4.31. The van der Waals surface area contributed by atoms with Gasteiger partial charge in [-0.3, -0.25) is 0 Å². The molecule has 1 aromatic carbocycles. The monoisotopic (exact) mass is 275 g/mol. The van der Waals surface area contributed by atoms with E-state index in [1.807, 2.05) is 0 Å². The van der Waals surface area contributed by atoms with Gasteiger partial charge in [-0.05, 0) is 42.3 Å². The number of anilines is 3. The fraction of sp³-hybridized carbons (Fsp3) is 0.267. The van der Waals surface area contributed by atoms with Crippen LogP contribution in [0.4, 0.5) is 21.6 Å². The second kappa shape index (κ2) is 6.23. The van der Waals surface area contributed by atoms with E-state index in [0.717, 1.165) is 5.69 Å². The van der Waals surface area contributed by atoms with Crippen LogP contribution in [0.15, 0.2) is 36.4 Å². The van der Waals surface area contributed by atoms with Gasteiger partial charge < -0.3 is 15.8 Å². The maximum atomic E-state index is 12.8. The lowest BCUT2D eigenvalue weighted by molar-refractivity contribution is 0.263. The number of nitrogens with one attached hydrogen (secondary N) is 1. The van der Waals surface area contributed by atoms with Crippen molar-refractivity contribution in [3.63, 3.8) is 0 Å². The van der Waals surface area contributed by atoms with Gasteiger partial charge in [0.15, 0.2) is 0 Å². The second-order valence-electron chi connectivity index (χ2n) is 4.93. The Morgan fingerprint density at radius 1 is 1.20 bits per heavy atom. The first-order valence-corrected chi connectivity index (χ1v) is 6.46. The topological polar surface area (TPSA) is 60.2 Å². The molecule has 0 saturated carbocycles. The smallest absolute Gasteiger partial charge is 0.239 e. The zero-order valence-electron chi connectivity index (χ0n) is 11.6. The van der Waals surface area contributed by atoms with Crippen molar-refractivity contribution < 1.29 is 9.13 Å². The number of hydrogen-bond donors (Lipinski definition) is 2. The molecule has 2 aromatic rings. The number of halogens is 1. The number of aromatic nitrogens is 1. The number of benzene rings is 1. The van der Waals surface area contributed by atoms with E-state index in [1.165, 1.54) is 12.1 Å². The van der Waals surface area contributed by atoms with Crippen molar-refractivity contribution in [3.8, 4) is 5.88 Å². The molecule has 0 atom stereocenters. The summed E-state index contributed by atoms with van der Waals surface area (Å²) in [5.74, 6) is 1.13. The Morgan fingerprint density at radius 2 is 1.90 bits per heavy atom. The second-order valence-corrected chi connectivity index (χ2v) is 4.93. The van der Waals surface area contributed by atoms with E-state index in [9.17, 15) is 4.39 Å². The molecule has 0 radical (unpaired) electrons. The quantitative estimate of drug-likeness (QED) is 0.875. The van der Waals surface area contributed by atoms with Crippen molar-refractivity contribution in [1.82, 2.24) is 4.98 Å². The van der Waals surface area contributed by atoms with Crippen molar-refractivity contribution in [3.05, 3.63) is 42.2 Å². The third kappa shape index (κ3) is 3.85. The molecule has 106 valence electrons. The number of nitrogens with zero attached hydrogens (tertiary/aromatic N) is 1. The Balaban J connectivity index is 2.12. The minimum absolute atomic E-state index is 0.276. The lowest BCUT2D eigenvalue weighted by Crippen LogP contribution is -2.08. The van der Waals surface area contributed by atoms with Gasteiger partial charge in [-0.15, -0.1) is 0 Å². The van der Waals surface area contributed by atoms with Crippen molar-refractivity contribution in [2.24, 2.45) is 5.92 Å². The molecule has 2 rings (SSSR count). The molecule has 1 heterocycles. The Hall–Kier alpha value is -2.30. The van der Waals surface area contributed by atoms with Crippen molar-refractivity contribution in [1.29, 1.82) is 0 Å². The standard InChI is InChI=1S/C15H18FN3O/c1-10(2)9-20-15-13(17)7-8-14(19-15)18-12-5-3-11(16)4-6-12/h3-8,10H,9,17H2,1-2H3,(H,18,19). The fourth-order valence-electron chi connectivity index (χ4n) is 1.56. The Bertz CT molecular complexity index is 570. The van der Waals surface area contributed by atoms with E-state index in [1.54, 1.807) is 24.3 Å². The van der Waals surface area contributed by atoms with Gasteiger partial charge in [-0.25, -0.2) is 4.39 Å². The first-order valence-electron chi connectivity index (χ1n) is 6.46. The largest absolute Gasteiger partial charge is 0.476 e. The highest BCUT2D eigenvalue weighted by Gasteiger charge is 2.06. The van der Waals surface area contributed by atoms with E-state index in [4.69, 9.17) is 10.5 Å². The van der Waals surface area contributed by atoms with Crippen LogP contribution in [0, 0.1) is 11.7 Å². The molecule has 3 N–H and O–H groups in total. The summed E-state index contributed by atoms with van der Waals surface area (Å²) in [6, 6.07) is 9.53. The average Bonchev–Trinajstić information content (AvgIpc) is 2.42. The van der Waals surface area contributed by atoms with Crippen LogP contribution in [-0.2, 0) is 0 Å². The fourth-order valence-corrected chi connectivity index (χ4v) is 1.56. The van der Waals surface area contributed by atoms with Gasteiger partial charge in [0, 0.05) is 5.69 Å². The van der Waals surface area contributed by atoms with Crippen molar-refractivity contribution in [2.75, 3.05) is 17.7 Å². The molecule has 20 heavy (non-hydrogen) atoms. The van der Waals surface area contributed by atoms with E-state index in [0.29, 0.717) is 29.9 Å². The van der Waals surface area contributed by atoms with Gasteiger partial charge in [0.05, 0.1) is 12.3 Å². The number of rotatable bonds is 5. The highest BCUT2D eigenvalue weighted by atomic mass is 19.1. The summed E-state index contributed by atoms with van der Waals surface area (Å²) < 4.78 is 18.4. The van der Waals surface area contributed by atoms with Gasteiger partial charge in [0.1, 0.15) is 11.6 Å². The van der Waals surface area contributed by atoms with Crippen LogP contribution >= 0.6 is 0 Å². The third-order valence-electron chi connectivity index (χ3n) is 2.56. The molecule has 0 fully saturated rings. The van der Waals surface area contributed by atoms with E-state index >= 15 is 0 Å². The molecule has 0 aliphatic heterocycles. The highest BCUT2D eigenvalue weighted by Crippen LogP contribution is 2.23. The predicted octanol–water partition coefficient (Wildman–Crippen LogP) is 3.58. The van der Waals surface area contributed by atoms with E-state index in [-0.39, 0.29) is 5.82 Å². The Kier molecular flexibility index (Phi) is 4.40. The van der Waals surface area contributed by atoms with Gasteiger partial charge in [-0.1, -0.05) is 13.8 Å². The molecule has 1 aromatic heterocycles.